The number of carboxylic acids is 1. The van der Waals surface area contributed by atoms with Crippen LogP contribution >= 0.6 is 23.2 Å². The molecule has 0 amide bonds. The number of aliphatic imine (C=N–C) groups is 8. The molecule has 25 N–H and O–H groups in total. The number of nitrogens with two attached hydrogens (primary N) is 1. The zero-order valence-corrected chi connectivity index (χ0v) is 72.4. The smallest absolute Gasteiger partial charge is 0.333 e. The third-order valence-corrected chi connectivity index (χ3v) is 24.1. The fraction of sp³-hybridized carbons (Fsp3) is 0.427. The predicted molar refractivity (Wildman–Crippen MR) is 473 cm³/mol. The summed E-state index contributed by atoms with van der Waals surface area (Å²) in [6, 6.07) is 1.27. The highest BCUT2D eigenvalue weighted by molar-refractivity contribution is 6.32. The number of benzene rings is 7. The van der Waals surface area contributed by atoms with Crippen molar-refractivity contribution < 1.29 is 165 Å². The summed E-state index contributed by atoms with van der Waals surface area (Å²) in [6.07, 6.45) is -24.5. The first-order chi connectivity index (χ1) is 63.4. The number of carboxylic acid groups (broad SMARTS) is 1. The van der Waals surface area contributed by atoms with E-state index in [1.807, 2.05) is 0 Å². The normalized spacial score (nSPS) is 29.4. The Kier molecular flexibility index (Phi) is 30.0. The number of fused-ring (bicyclic) bond motifs is 12. The van der Waals surface area contributed by atoms with E-state index in [-0.39, 0.29) is 50.9 Å². The molecule has 9 heterocycles. The Hall–Kier alpha value is -12.1. The Morgan fingerprint density at radius 3 is 1.69 bits per heavy atom. The highest BCUT2D eigenvalue weighted by Gasteiger charge is 2.51. The van der Waals surface area contributed by atoms with Gasteiger partial charge in [-0.15, -0.1) is 0 Å². The Bertz CT molecular complexity index is 5720. The summed E-state index contributed by atoms with van der Waals surface area (Å²) < 4.78 is 57.7. The van der Waals surface area contributed by atoms with Crippen LogP contribution in [-0.4, -0.2) is 294 Å². The minimum absolute atomic E-state index is 0.0749. The molecular weight excluding hydrogens is 1790 g/mol. The number of carbonyl (C=O) groups is 1. The third kappa shape index (κ3) is 21.1. The van der Waals surface area contributed by atoms with Crippen LogP contribution in [-0.2, 0) is 30.2 Å². The van der Waals surface area contributed by atoms with Gasteiger partial charge in [0.25, 0.3) is 0 Å². The molecule has 16 rings (SSSR count). The molecule has 17 bridgehead atoms. The van der Waals surface area contributed by atoms with E-state index < -0.39 is 304 Å². The number of aromatic hydroxyl groups is 4. The summed E-state index contributed by atoms with van der Waals surface area (Å²) in [5.74, 6) is -17.6. The zero-order valence-electron chi connectivity index (χ0n) is 70.9. The second-order valence-corrected chi connectivity index (χ2v) is 33.7. The number of ether oxygens (including phenoxy) is 9. The lowest BCUT2D eigenvalue weighted by Gasteiger charge is -2.42. The van der Waals surface area contributed by atoms with Gasteiger partial charge in [-0.25, -0.2) is 44.7 Å². The number of rotatable bonds is 20. The van der Waals surface area contributed by atoms with E-state index in [9.17, 15) is 122 Å². The van der Waals surface area contributed by atoms with Gasteiger partial charge in [0.2, 0.25) is 53.7 Å². The number of hydrogen-bond acceptors (Lipinski definition) is 33. The van der Waals surface area contributed by atoms with Crippen molar-refractivity contribution in [3.63, 3.8) is 0 Å². The summed E-state index contributed by atoms with van der Waals surface area (Å²) in [5, 5.41) is 272. The van der Waals surface area contributed by atoms with Crippen molar-refractivity contribution >= 4 is 76.4 Å². The Balaban J connectivity index is 1.09. The van der Waals surface area contributed by atoms with Crippen molar-refractivity contribution in [3.05, 3.63) is 164 Å². The summed E-state index contributed by atoms with van der Waals surface area (Å²) in [5.41, 5.74) is 3.11. The molecule has 24 atom stereocenters. The summed E-state index contributed by atoms with van der Waals surface area (Å²) in [4.78, 5) is 50.0. The van der Waals surface area contributed by atoms with Gasteiger partial charge in [-0.2, -0.15) is 0 Å². The second kappa shape index (κ2) is 41.2. The van der Waals surface area contributed by atoms with Crippen LogP contribution in [0.25, 0.3) is 11.1 Å². The van der Waals surface area contributed by atoms with Gasteiger partial charge in [-0.3, -0.25) is 0 Å². The van der Waals surface area contributed by atoms with Gasteiger partial charge in [0, 0.05) is 48.6 Å². The van der Waals surface area contributed by atoms with Crippen LogP contribution in [0.2, 0.25) is 10.0 Å². The maximum absolute atomic E-state index is 14.3. The van der Waals surface area contributed by atoms with E-state index in [0.717, 1.165) is 111 Å². The maximum atomic E-state index is 14.3. The first-order valence-corrected chi connectivity index (χ1v) is 42.9. The number of hydrogen-bond donors (Lipinski definition) is 24. The van der Waals surface area contributed by atoms with E-state index in [4.69, 9.17) is 76.6 Å². The van der Waals surface area contributed by atoms with E-state index >= 15 is 0 Å². The van der Waals surface area contributed by atoms with E-state index in [2.05, 4.69) is 48.8 Å². The number of aliphatic carboxylic acids is 1. The molecule has 42 nitrogen and oxygen atoms in total. The number of aliphatic hydroxyl groups excluding tert-OH is 18. The monoisotopic (exact) mass is 1890 g/mol. The van der Waals surface area contributed by atoms with Crippen molar-refractivity contribution in [2.24, 2.45) is 51.6 Å². The fourth-order valence-corrected chi connectivity index (χ4v) is 16.7. The molecule has 16 unspecified atom stereocenters. The minimum atomic E-state index is -2.63. The van der Waals surface area contributed by atoms with Crippen LogP contribution in [0.1, 0.15) is 141 Å². The summed E-state index contributed by atoms with van der Waals surface area (Å²) in [6.45, 7) is 2.16. The lowest BCUT2D eigenvalue weighted by Crippen LogP contribution is -2.60. The molecule has 0 aromatic heterocycles. The van der Waals surface area contributed by atoms with Crippen LogP contribution in [0, 0.1) is 5.92 Å². The van der Waals surface area contributed by atoms with Crippen LogP contribution < -0.4 is 29.4 Å². The molecule has 3 saturated heterocycles. The number of phenolic OH excluding ortho intramolecular Hbond substituents is 4. The largest absolute Gasteiger partial charge is 0.508 e. The Labute approximate surface area is 765 Å². The molecule has 7 aromatic rings. The van der Waals surface area contributed by atoms with Gasteiger partial charge in [-0.1, -0.05) is 93.4 Å². The van der Waals surface area contributed by atoms with Gasteiger partial charge < -0.3 is 166 Å². The van der Waals surface area contributed by atoms with Gasteiger partial charge in [-0.05, 0) is 125 Å². The van der Waals surface area contributed by atoms with Crippen LogP contribution in [0.4, 0.5) is 0 Å². The molecule has 0 spiro atoms. The number of unbranched alkanes of at least 4 members (excludes halogenated alkanes) is 3. The number of phenols is 4. The molecule has 44 heteroatoms. The average Bonchev–Trinajstić information content (AvgIpc) is 0.763. The number of nitrogens with zero attached hydrogens (tertiary/aromatic N) is 8. The van der Waals surface area contributed by atoms with Gasteiger partial charge >= 0.3 is 5.97 Å². The first kappa shape index (κ1) is 97.0. The van der Waals surface area contributed by atoms with Gasteiger partial charge in [0.15, 0.2) is 71.3 Å². The standard InChI is InChI=1S/C89H99Cl2N9O33/c1-4-34(2)9-7-5-6-8-10-61(109)95-69-75(114)72(111)59(32-102)130-88(69)133-79-56-26-41-27-57(79)127-53-18-14-39(24-48(53)91)78(132-87-68(93-35(3)104)74(113)71(110)58(31-101)129-87)70-85(122)99-67(86(123)124)46-29-43(106)30-55(128-89-77(116)76(115)73(112)60(33-103)131-89)62(46)45-23-38(13-15-50(45)107)64(82(119)100-70)97-84(121)66(41)98-83(120)65-40-21-42(105)28-44(22-40)125-54-25-37(12-16-51(54)108)63(92)81(118)94-49(80(117)96-65)20-36-11-17-52(126-56)47(90)19-36/h11-19,21-30,34,49,58-60,63-78,87-89,101-103,105-108,110-116H,4-10,20,31-33,92H2,1-3H3,(H,93,104)(H,94,118)(H,95,109)(H,96,117)(H,97,121)(H,98,120)(H,99,122)(H,100,119)(H,123,124)/t34?,49-,58?,59?,60?,63-,64-,65+,66-,67+,68?,69?,70+,71?,72?,73?,74?,75?,76?,77?,78-,87?,88?,89?/m1/s1. The van der Waals surface area contributed by atoms with Crippen LogP contribution in [0.5, 0.6) is 69.0 Å². The average molecular weight is 1890 g/mol. The van der Waals surface area contributed by atoms with Crippen molar-refractivity contribution in [2.75, 3.05) is 19.8 Å². The van der Waals surface area contributed by atoms with Crippen LogP contribution in [0.15, 0.2) is 155 Å². The molecule has 712 valence electrons. The van der Waals surface area contributed by atoms with Crippen molar-refractivity contribution in [3.8, 4) is 80.1 Å². The predicted octanol–water partition coefficient (Wildman–Crippen LogP) is 8.13. The topological polar surface area (TPSA) is 690 Å². The molecule has 133 heavy (non-hydrogen) atoms. The maximum Gasteiger partial charge on any atom is 0.333 e. The highest BCUT2D eigenvalue weighted by Crippen LogP contribution is 2.52. The molecule has 0 saturated carbocycles. The van der Waals surface area contributed by atoms with E-state index in [1.54, 1.807) is 0 Å². The van der Waals surface area contributed by atoms with Crippen LogP contribution in [0.3, 0.4) is 0 Å². The van der Waals surface area contributed by atoms with Crippen molar-refractivity contribution in [1.29, 1.82) is 0 Å². The van der Waals surface area contributed by atoms with Crippen molar-refractivity contribution in [2.45, 2.75) is 213 Å². The lowest BCUT2D eigenvalue weighted by atomic mass is 9.90. The van der Waals surface area contributed by atoms with Crippen molar-refractivity contribution in [1.82, 2.24) is 0 Å². The minimum Gasteiger partial charge on any atom is -0.508 e. The first-order valence-electron chi connectivity index (χ1n) is 42.2. The highest BCUT2D eigenvalue weighted by atomic mass is 35.5. The van der Waals surface area contributed by atoms with Gasteiger partial charge in [0.05, 0.1) is 29.9 Å². The summed E-state index contributed by atoms with van der Waals surface area (Å²) >= 11 is 14.8. The second-order valence-electron chi connectivity index (χ2n) is 32.9. The Morgan fingerprint density at radius 1 is 0.504 bits per heavy atom. The van der Waals surface area contributed by atoms with E-state index in [1.165, 1.54) is 36.4 Å². The molecule has 0 aliphatic carbocycles. The number of aliphatic hydroxyl groups is 18. The molecule has 0 radical (unpaired) electrons. The number of halogens is 2. The molecular formula is C89H99Cl2N9O33. The molecule has 3 fully saturated rings. The lowest BCUT2D eigenvalue weighted by molar-refractivity contribution is -0.279. The van der Waals surface area contributed by atoms with Gasteiger partial charge in [0.1, 0.15) is 132 Å². The quantitative estimate of drug-likeness (QED) is 0.0194. The molecule has 9 aliphatic heterocycles. The van der Waals surface area contributed by atoms with E-state index in [0.29, 0.717) is 18.8 Å². The SMILES string of the molecule is CCC(C)CCCCCCC(O)=NC1C(Oc2c3cc4cc2Oc2ccc(cc2Cl)[C@@H](OC2OC(CO)C(O)C(O)C2N=C(C)O)[C@@H]2N=C(O)[C@H](N=C(O)[C@@H]4N=C(O)[C@H]4N=C(O)[C@@H](Cc5ccc(c(Cl)c5)O3)N=C(O)[C@H](N)c3ccc(O)c(c3)Oc3cc(O)cc4c3)c3ccc(O)c(c3)-c3c(OC4OC(CO)C(O)C(O)C4O)cc(O)cc3[C@@H](C(=O)O)N=C2O)OC(CO)C(O)C1O. The fourth-order valence-electron chi connectivity index (χ4n) is 16.2. The Morgan fingerprint density at radius 2 is 1.06 bits per heavy atom. The zero-order chi connectivity index (χ0) is 95.6. The third-order valence-electron chi connectivity index (χ3n) is 23.5. The summed E-state index contributed by atoms with van der Waals surface area (Å²) in [7, 11) is 0. The molecule has 7 aromatic carbocycles. The molecule has 9 aliphatic rings.